The van der Waals surface area contributed by atoms with Gasteiger partial charge in [0.2, 0.25) is 0 Å². The van der Waals surface area contributed by atoms with Crippen molar-refractivity contribution in [2.45, 2.75) is 20.4 Å². The van der Waals surface area contributed by atoms with E-state index in [9.17, 15) is 0 Å². The van der Waals surface area contributed by atoms with Crippen LogP contribution in [0.3, 0.4) is 0 Å². The van der Waals surface area contributed by atoms with Crippen molar-refractivity contribution in [1.82, 2.24) is 14.8 Å². The lowest BCUT2D eigenvalue weighted by atomic mass is 10.2. The molecule has 0 radical (unpaired) electrons. The fourth-order valence-corrected chi connectivity index (χ4v) is 1.95. The van der Waals surface area contributed by atoms with Gasteiger partial charge in [0.05, 0.1) is 11.8 Å². The lowest BCUT2D eigenvalue weighted by molar-refractivity contribution is 0.738. The molecule has 2 aromatic rings. The van der Waals surface area contributed by atoms with Crippen LogP contribution in [0.5, 0.6) is 0 Å². The molecule has 0 saturated heterocycles. The van der Waals surface area contributed by atoms with E-state index in [1.165, 1.54) is 0 Å². The maximum absolute atomic E-state index is 5.70. The highest BCUT2D eigenvalue weighted by Crippen LogP contribution is 2.15. The molecule has 6 heteroatoms. The first-order chi connectivity index (χ1) is 8.99. The number of rotatable bonds is 4. The lowest BCUT2D eigenvalue weighted by Gasteiger charge is -2.10. The van der Waals surface area contributed by atoms with Crippen LogP contribution in [0.2, 0.25) is 0 Å². The first-order valence-corrected chi connectivity index (χ1v) is 6.38. The van der Waals surface area contributed by atoms with Gasteiger partial charge in [-0.3, -0.25) is 4.68 Å². The molecule has 3 N–H and O–H groups in total. The normalized spacial score (nSPS) is 10.5. The van der Waals surface area contributed by atoms with E-state index in [1.54, 1.807) is 0 Å². The van der Waals surface area contributed by atoms with Gasteiger partial charge in [0.1, 0.15) is 10.8 Å². The van der Waals surface area contributed by atoms with Gasteiger partial charge in [0.15, 0.2) is 0 Å². The number of hydrogen-bond acceptors (Lipinski definition) is 4. The number of aryl methyl sites for hydroxylation is 2. The summed E-state index contributed by atoms with van der Waals surface area (Å²) in [5.74, 6) is 0.718. The number of thiocarbonyl (C=S) groups is 1. The van der Waals surface area contributed by atoms with Crippen LogP contribution in [0.25, 0.3) is 0 Å². The van der Waals surface area contributed by atoms with Gasteiger partial charge in [0.25, 0.3) is 0 Å². The zero-order valence-electron chi connectivity index (χ0n) is 11.3. The lowest BCUT2D eigenvalue weighted by Crippen LogP contribution is -2.15. The molecule has 0 bridgehead atoms. The van der Waals surface area contributed by atoms with E-state index < -0.39 is 0 Å². The van der Waals surface area contributed by atoms with Crippen LogP contribution in [-0.4, -0.2) is 19.8 Å². The van der Waals surface area contributed by atoms with Gasteiger partial charge < -0.3 is 11.1 Å². The van der Waals surface area contributed by atoms with Crippen molar-refractivity contribution in [3.63, 3.8) is 0 Å². The molecule has 0 aliphatic carbocycles. The second-order valence-corrected chi connectivity index (χ2v) is 4.89. The van der Waals surface area contributed by atoms with Crippen molar-refractivity contribution in [1.29, 1.82) is 0 Å². The fourth-order valence-electron chi connectivity index (χ4n) is 1.79. The van der Waals surface area contributed by atoms with Gasteiger partial charge in [0, 0.05) is 30.5 Å². The molecular weight excluding hydrogens is 258 g/mol. The number of nitrogens with zero attached hydrogens (tertiary/aromatic N) is 3. The third-order valence-corrected chi connectivity index (χ3v) is 3.30. The highest BCUT2D eigenvalue weighted by atomic mass is 32.1. The minimum absolute atomic E-state index is 0.345. The molecule has 0 fully saturated rings. The SMILES string of the molecule is Cc1ccc(C(N)=S)c(NCc2cnn(C)c2C)n1. The van der Waals surface area contributed by atoms with E-state index in [0.29, 0.717) is 11.5 Å². The molecule has 2 aromatic heterocycles. The van der Waals surface area contributed by atoms with Crippen LogP contribution in [0.15, 0.2) is 18.3 Å². The molecular formula is C13H17N5S. The Labute approximate surface area is 117 Å². The van der Waals surface area contributed by atoms with Crippen LogP contribution in [-0.2, 0) is 13.6 Å². The second-order valence-electron chi connectivity index (χ2n) is 4.45. The van der Waals surface area contributed by atoms with Gasteiger partial charge in [-0.15, -0.1) is 0 Å². The maximum Gasteiger partial charge on any atom is 0.136 e. The first kappa shape index (κ1) is 13.5. The Balaban J connectivity index is 2.21. The molecule has 0 atom stereocenters. The average Bonchev–Trinajstić information content (AvgIpc) is 2.67. The van der Waals surface area contributed by atoms with E-state index in [4.69, 9.17) is 18.0 Å². The topological polar surface area (TPSA) is 68.8 Å². The fraction of sp³-hybridized carbons (Fsp3) is 0.308. The Morgan fingerprint density at radius 1 is 1.42 bits per heavy atom. The van der Waals surface area contributed by atoms with Crippen LogP contribution in [0, 0.1) is 13.8 Å². The molecule has 5 nitrogen and oxygen atoms in total. The summed E-state index contributed by atoms with van der Waals surface area (Å²) in [6.45, 7) is 4.61. The summed E-state index contributed by atoms with van der Waals surface area (Å²) >= 11 is 5.03. The number of pyridine rings is 1. The van der Waals surface area contributed by atoms with E-state index >= 15 is 0 Å². The molecule has 0 amide bonds. The minimum Gasteiger partial charge on any atom is -0.389 e. The summed E-state index contributed by atoms with van der Waals surface area (Å²) in [5.41, 5.74) is 9.64. The van der Waals surface area contributed by atoms with Crippen molar-refractivity contribution in [3.8, 4) is 0 Å². The van der Waals surface area contributed by atoms with E-state index in [-0.39, 0.29) is 0 Å². The van der Waals surface area contributed by atoms with E-state index in [2.05, 4.69) is 15.4 Å². The maximum atomic E-state index is 5.70. The molecule has 19 heavy (non-hydrogen) atoms. The van der Waals surface area contributed by atoms with Crippen molar-refractivity contribution in [2.75, 3.05) is 5.32 Å². The smallest absolute Gasteiger partial charge is 0.136 e. The Morgan fingerprint density at radius 2 is 2.16 bits per heavy atom. The molecule has 0 saturated carbocycles. The molecule has 100 valence electrons. The predicted octanol–water partition coefficient (Wildman–Crippen LogP) is 1.68. The van der Waals surface area contributed by atoms with Crippen molar-refractivity contribution in [2.24, 2.45) is 12.8 Å². The van der Waals surface area contributed by atoms with Crippen molar-refractivity contribution in [3.05, 3.63) is 40.8 Å². The third-order valence-electron chi connectivity index (χ3n) is 3.08. The zero-order valence-corrected chi connectivity index (χ0v) is 12.1. The van der Waals surface area contributed by atoms with E-state index in [0.717, 1.165) is 28.3 Å². The third kappa shape index (κ3) is 2.90. The van der Waals surface area contributed by atoms with Crippen LogP contribution in [0.1, 0.15) is 22.5 Å². The minimum atomic E-state index is 0.345. The second kappa shape index (κ2) is 5.36. The Bertz CT molecular complexity index is 617. The highest BCUT2D eigenvalue weighted by Gasteiger charge is 2.09. The molecule has 2 heterocycles. The van der Waals surface area contributed by atoms with Gasteiger partial charge in [-0.2, -0.15) is 5.10 Å². The van der Waals surface area contributed by atoms with Crippen molar-refractivity contribution < 1.29 is 0 Å². The molecule has 0 spiro atoms. The monoisotopic (exact) mass is 275 g/mol. The molecule has 0 aliphatic heterocycles. The molecule has 0 aliphatic rings. The number of aromatic nitrogens is 3. The van der Waals surface area contributed by atoms with E-state index in [1.807, 2.05) is 43.9 Å². The highest BCUT2D eigenvalue weighted by molar-refractivity contribution is 7.80. The summed E-state index contributed by atoms with van der Waals surface area (Å²) < 4.78 is 1.84. The number of nitrogens with one attached hydrogen (secondary N) is 1. The number of hydrogen-bond donors (Lipinski definition) is 2. The first-order valence-electron chi connectivity index (χ1n) is 5.98. The predicted molar refractivity (Wildman–Crippen MR) is 80.1 cm³/mol. The van der Waals surface area contributed by atoms with Gasteiger partial charge in [-0.1, -0.05) is 12.2 Å². The largest absolute Gasteiger partial charge is 0.389 e. The quantitative estimate of drug-likeness (QED) is 0.831. The number of nitrogens with two attached hydrogens (primary N) is 1. The standard InChI is InChI=1S/C13H17N5S/c1-8-4-5-11(12(14)19)13(17-8)15-6-10-7-16-18(3)9(10)2/h4-5,7H,6H2,1-3H3,(H2,14,19)(H,15,17). The summed E-state index contributed by atoms with van der Waals surface area (Å²) in [6, 6.07) is 3.79. The number of anilines is 1. The van der Waals surface area contributed by atoms with Gasteiger partial charge >= 0.3 is 0 Å². The Hall–Kier alpha value is -1.95. The van der Waals surface area contributed by atoms with Crippen LogP contribution >= 0.6 is 12.2 Å². The summed E-state index contributed by atoms with van der Waals surface area (Å²) in [4.78, 5) is 4.79. The van der Waals surface area contributed by atoms with Gasteiger partial charge in [-0.05, 0) is 26.0 Å². The van der Waals surface area contributed by atoms with Gasteiger partial charge in [-0.25, -0.2) is 4.98 Å². The average molecular weight is 275 g/mol. The van der Waals surface area contributed by atoms with Crippen molar-refractivity contribution >= 4 is 23.0 Å². The summed E-state index contributed by atoms with van der Waals surface area (Å²) in [6.07, 6.45) is 1.85. The Kier molecular flexibility index (Phi) is 3.80. The molecule has 0 unspecified atom stereocenters. The summed E-state index contributed by atoms with van der Waals surface area (Å²) in [7, 11) is 1.92. The zero-order chi connectivity index (χ0) is 14.0. The van der Waals surface area contributed by atoms with Crippen LogP contribution in [0.4, 0.5) is 5.82 Å². The van der Waals surface area contributed by atoms with Crippen LogP contribution < -0.4 is 11.1 Å². The molecule has 2 rings (SSSR count). The summed E-state index contributed by atoms with van der Waals surface area (Å²) in [5, 5.41) is 7.48. The Morgan fingerprint density at radius 3 is 2.74 bits per heavy atom. The molecule has 0 aromatic carbocycles.